The molecule has 0 aromatic heterocycles. The smallest absolute Gasteiger partial charge is 0.253 e. The fourth-order valence-corrected chi connectivity index (χ4v) is 2.61. The summed E-state index contributed by atoms with van der Waals surface area (Å²) in [6, 6.07) is 8.16. The third kappa shape index (κ3) is 5.34. The molecule has 0 bridgehead atoms. The third-order valence-electron chi connectivity index (χ3n) is 3.94. The van der Waals surface area contributed by atoms with Gasteiger partial charge in [0.1, 0.15) is 0 Å². The zero-order valence-corrected chi connectivity index (χ0v) is 15.0. The van der Waals surface area contributed by atoms with Crippen LogP contribution in [-0.2, 0) is 0 Å². The van der Waals surface area contributed by atoms with Crippen molar-refractivity contribution in [3.63, 3.8) is 0 Å². The van der Waals surface area contributed by atoms with Crippen LogP contribution in [0.25, 0.3) is 0 Å². The van der Waals surface area contributed by atoms with Gasteiger partial charge in [-0.25, -0.2) is 0 Å². The lowest BCUT2D eigenvalue weighted by Gasteiger charge is -2.30. The Kier molecular flexibility index (Phi) is 9.49. The summed E-state index contributed by atoms with van der Waals surface area (Å²) >= 11 is 0. The Morgan fingerprint density at radius 2 is 1.77 bits per heavy atom. The molecule has 0 atom stereocenters. The second-order valence-corrected chi connectivity index (χ2v) is 5.60. The van der Waals surface area contributed by atoms with Crippen LogP contribution in [0.5, 0.6) is 0 Å². The Balaban J connectivity index is 0.00000220. The Labute approximate surface area is 145 Å². The van der Waals surface area contributed by atoms with Crippen molar-refractivity contribution in [3.05, 3.63) is 29.8 Å². The quantitative estimate of drug-likeness (QED) is 0.910. The number of nitrogens with two attached hydrogens (primary N) is 1. The Morgan fingerprint density at radius 1 is 1.23 bits per heavy atom. The van der Waals surface area contributed by atoms with Crippen LogP contribution in [0.15, 0.2) is 24.3 Å². The average Bonchev–Trinajstić information content (AvgIpc) is 2.48. The highest BCUT2D eigenvalue weighted by atomic mass is 35.5. The molecule has 1 aromatic carbocycles. The Bertz CT molecular complexity index is 445. The molecule has 0 spiro atoms. The van der Waals surface area contributed by atoms with E-state index in [0.717, 1.165) is 50.1 Å². The molecule has 1 fully saturated rings. The number of amides is 1. The van der Waals surface area contributed by atoms with E-state index in [1.807, 2.05) is 29.2 Å². The summed E-state index contributed by atoms with van der Waals surface area (Å²) in [5, 5.41) is 0. The van der Waals surface area contributed by atoms with E-state index >= 15 is 0 Å². The molecule has 2 N–H and O–H groups in total. The standard InChI is InChI=1S/C16H25N3O.2ClH/c1-3-10-18(2)15-6-4-13(5-7-15)16(20)19-11-8-14(17)9-12-19;;/h4-7,14H,3,8-12,17H2,1-2H3;2*1H. The van der Waals surface area contributed by atoms with Crippen LogP contribution in [0.1, 0.15) is 36.5 Å². The molecule has 1 saturated heterocycles. The number of anilines is 1. The van der Waals surface area contributed by atoms with Crippen molar-refractivity contribution in [2.24, 2.45) is 5.73 Å². The molecule has 2 rings (SSSR count). The molecular weight excluding hydrogens is 321 g/mol. The lowest BCUT2D eigenvalue weighted by Crippen LogP contribution is -2.42. The van der Waals surface area contributed by atoms with Crippen LogP contribution in [-0.4, -0.2) is 43.5 Å². The summed E-state index contributed by atoms with van der Waals surface area (Å²) in [6.07, 6.45) is 2.93. The first-order valence-corrected chi connectivity index (χ1v) is 7.48. The molecule has 1 amide bonds. The molecule has 1 aromatic rings. The molecule has 0 aliphatic carbocycles. The largest absolute Gasteiger partial charge is 0.375 e. The maximum absolute atomic E-state index is 12.4. The van der Waals surface area contributed by atoms with Gasteiger partial charge in [0.25, 0.3) is 5.91 Å². The summed E-state index contributed by atoms with van der Waals surface area (Å²) in [5.74, 6) is 0.126. The van der Waals surface area contributed by atoms with Gasteiger partial charge in [0.2, 0.25) is 0 Å². The number of nitrogens with zero attached hydrogens (tertiary/aromatic N) is 2. The van der Waals surface area contributed by atoms with Gasteiger partial charge in [-0.1, -0.05) is 6.92 Å². The normalized spacial score (nSPS) is 14.8. The van der Waals surface area contributed by atoms with Crippen molar-refractivity contribution in [1.29, 1.82) is 0 Å². The summed E-state index contributed by atoms with van der Waals surface area (Å²) in [4.78, 5) is 16.5. The predicted octanol–water partition coefficient (Wildman–Crippen LogP) is 2.94. The number of piperidine rings is 1. The van der Waals surface area contributed by atoms with Crippen molar-refractivity contribution < 1.29 is 4.79 Å². The van der Waals surface area contributed by atoms with Crippen LogP contribution in [0, 0.1) is 0 Å². The van der Waals surface area contributed by atoms with Gasteiger partial charge in [0.15, 0.2) is 0 Å². The van der Waals surface area contributed by atoms with Gasteiger partial charge in [-0.2, -0.15) is 0 Å². The first-order chi connectivity index (χ1) is 9.61. The van der Waals surface area contributed by atoms with Crippen LogP contribution in [0.3, 0.4) is 0 Å². The molecule has 22 heavy (non-hydrogen) atoms. The Hall–Kier alpha value is -0.970. The first-order valence-electron chi connectivity index (χ1n) is 7.48. The number of rotatable bonds is 4. The number of hydrogen-bond donors (Lipinski definition) is 1. The zero-order chi connectivity index (χ0) is 14.5. The first kappa shape index (κ1) is 21.0. The number of halogens is 2. The highest BCUT2D eigenvalue weighted by Gasteiger charge is 2.21. The maximum atomic E-state index is 12.4. The molecule has 0 radical (unpaired) electrons. The van der Waals surface area contributed by atoms with Gasteiger partial charge in [-0.05, 0) is 43.5 Å². The Morgan fingerprint density at radius 3 is 2.27 bits per heavy atom. The second-order valence-electron chi connectivity index (χ2n) is 5.60. The summed E-state index contributed by atoms with van der Waals surface area (Å²) < 4.78 is 0. The lowest BCUT2D eigenvalue weighted by molar-refractivity contribution is 0.0715. The van der Waals surface area contributed by atoms with Crippen LogP contribution in [0.2, 0.25) is 0 Å². The minimum atomic E-state index is 0. The monoisotopic (exact) mass is 347 g/mol. The molecule has 126 valence electrons. The van der Waals surface area contributed by atoms with E-state index in [2.05, 4.69) is 18.9 Å². The SMILES string of the molecule is CCCN(C)c1ccc(C(=O)N2CCC(N)CC2)cc1.Cl.Cl. The van der Waals surface area contributed by atoms with Gasteiger partial charge in [-0.15, -0.1) is 24.8 Å². The van der Waals surface area contributed by atoms with Crippen LogP contribution >= 0.6 is 24.8 Å². The second kappa shape index (κ2) is 9.93. The third-order valence-corrected chi connectivity index (χ3v) is 3.94. The van der Waals surface area contributed by atoms with E-state index in [1.165, 1.54) is 0 Å². The van der Waals surface area contributed by atoms with E-state index in [0.29, 0.717) is 0 Å². The van der Waals surface area contributed by atoms with Gasteiger partial charge in [-0.3, -0.25) is 4.79 Å². The number of likely N-dealkylation sites (tertiary alicyclic amines) is 1. The minimum Gasteiger partial charge on any atom is -0.375 e. The molecule has 0 unspecified atom stereocenters. The van der Waals surface area contributed by atoms with Gasteiger partial charge < -0.3 is 15.5 Å². The van der Waals surface area contributed by atoms with E-state index in [-0.39, 0.29) is 36.8 Å². The molecule has 1 aliphatic heterocycles. The number of carbonyl (C=O) groups excluding carboxylic acids is 1. The highest BCUT2D eigenvalue weighted by Crippen LogP contribution is 2.17. The maximum Gasteiger partial charge on any atom is 0.253 e. The van der Waals surface area contributed by atoms with Gasteiger partial charge in [0.05, 0.1) is 0 Å². The van der Waals surface area contributed by atoms with Crippen molar-refractivity contribution in [1.82, 2.24) is 4.90 Å². The zero-order valence-electron chi connectivity index (χ0n) is 13.3. The number of carbonyl (C=O) groups is 1. The summed E-state index contributed by atoms with van der Waals surface area (Å²) in [7, 11) is 2.08. The van der Waals surface area contributed by atoms with Crippen molar-refractivity contribution in [2.75, 3.05) is 31.6 Å². The van der Waals surface area contributed by atoms with Crippen LogP contribution in [0.4, 0.5) is 5.69 Å². The fourth-order valence-electron chi connectivity index (χ4n) is 2.61. The predicted molar refractivity (Wildman–Crippen MR) is 97.6 cm³/mol. The van der Waals surface area contributed by atoms with Crippen molar-refractivity contribution in [2.45, 2.75) is 32.2 Å². The van der Waals surface area contributed by atoms with Gasteiger partial charge in [0, 0.05) is 44.0 Å². The van der Waals surface area contributed by atoms with E-state index in [4.69, 9.17) is 5.73 Å². The number of hydrogen-bond acceptors (Lipinski definition) is 3. The fraction of sp³-hybridized carbons (Fsp3) is 0.562. The van der Waals surface area contributed by atoms with E-state index in [9.17, 15) is 4.79 Å². The summed E-state index contributed by atoms with van der Waals surface area (Å²) in [5.41, 5.74) is 7.80. The number of benzene rings is 1. The summed E-state index contributed by atoms with van der Waals surface area (Å²) in [6.45, 7) is 4.74. The topological polar surface area (TPSA) is 49.6 Å². The lowest BCUT2D eigenvalue weighted by atomic mass is 10.0. The van der Waals surface area contributed by atoms with Crippen LogP contribution < -0.4 is 10.6 Å². The molecular formula is C16H27Cl2N3O. The molecule has 4 nitrogen and oxygen atoms in total. The highest BCUT2D eigenvalue weighted by molar-refractivity contribution is 5.94. The minimum absolute atomic E-state index is 0. The average molecular weight is 348 g/mol. The van der Waals surface area contributed by atoms with E-state index < -0.39 is 0 Å². The van der Waals surface area contributed by atoms with Gasteiger partial charge >= 0.3 is 0 Å². The van der Waals surface area contributed by atoms with E-state index in [1.54, 1.807) is 0 Å². The molecule has 1 aliphatic rings. The van der Waals surface area contributed by atoms with Crippen molar-refractivity contribution in [3.8, 4) is 0 Å². The molecule has 0 saturated carbocycles. The molecule has 6 heteroatoms. The molecule has 1 heterocycles. The van der Waals surface area contributed by atoms with Crippen molar-refractivity contribution >= 4 is 36.4 Å².